The molecule has 1 saturated heterocycles. The molecule has 12 nitrogen and oxygen atoms in total. The second kappa shape index (κ2) is 37.4. The normalized spacial score (nSPS) is 21.0. The lowest BCUT2D eigenvalue weighted by Gasteiger charge is -2.41. The number of amides is 1. The van der Waals surface area contributed by atoms with Crippen LogP contribution in [0.1, 0.15) is 219 Å². The number of rotatable bonds is 41. The van der Waals surface area contributed by atoms with Gasteiger partial charge >= 0.3 is 10.4 Å². The van der Waals surface area contributed by atoms with E-state index in [-0.39, 0.29) is 18.9 Å². The van der Waals surface area contributed by atoms with Crippen LogP contribution in [-0.2, 0) is 28.9 Å². The first-order valence-corrected chi connectivity index (χ1v) is 25.4. The number of nitrogens with one attached hydrogen (secondary N) is 1. The van der Waals surface area contributed by atoms with Crippen molar-refractivity contribution in [3.05, 3.63) is 12.2 Å². The molecule has 6 N–H and O–H groups in total. The lowest BCUT2D eigenvalue weighted by Crippen LogP contribution is -2.61. The van der Waals surface area contributed by atoms with Gasteiger partial charge in [0, 0.05) is 6.42 Å². The van der Waals surface area contributed by atoms with Crippen molar-refractivity contribution in [1.29, 1.82) is 0 Å². The summed E-state index contributed by atoms with van der Waals surface area (Å²) in [6, 6.07) is -0.856. The Morgan fingerprint density at radius 1 is 0.661 bits per heavy atom. The van der Waals surface area contributed by atoms with E-state index in [2.05, 4.69) is 35.5 Å². The fourth-order valence-corrected chi connectivity index (χ4v) is 8.32. The molecule has 1 heterocycles. The summed E-state index contributed by atoms with van der Waals surface area (Å²) in [4.78, 5) is 13.0. The Morgan fingerprint density at radius 3 is 1.54 bits per heavy atom. The van der Waals surface area contributed by atoms with E-state index >= 15 is 0 Å². The van der Waals surface area contributed by atoms with Crippen molar-refractivity contribution in [3.8, 4) is 0 Å². The zero-order valence-electron chi connectivity index (χ0n) is 37.3. The van der Waals surface area contributed by atoms with E-state index in [1.54, 1.807) is 0 Å². The van der Waals surface area contributed by atoms with Crippen molar-refractivity contribution in [1.82, 2.24) is 5.32 Å². The number of aliphatic hydroxyl groups excluding tert-OH is 4. The summed E-state index contributed by atoms with van der Waals surface area (Å²) in [5.41, 5.74) is 0. The molecule has 59 heavy (non-hydrogen) atoms. The number of ether oxygens (including phenoxy) is 2. The van der Waals surface area contributed by atoms with Gasteiger partial charge in [0.2, 0.25) is 5.91 Å². The van der Waals surface area contributed by atoms with E-state index in [0.717, 1.165) is 51.4 Å². The van der Waals surface area contributed by atoms with Crippen LogP contribution in [-0.4, -0.2) is 95.4 Å². The van der Waals surface area contributed by atoms with Gasteiger partial charge in [0.1, 0.15) is 24.4 Å². The van der Waals surface area contributed by atoms with Crippen LogP contribution in [0.2, 0.25) is 0 Å². The average molecular weight is 864 g/mol. The highest BCUT2D eigenvalue weighted by Crippen LogP contribution is 2.26. The molecule has 0 aromatic heterocycles. The second-order valence-corrected chi connectivity index (χ2v) is 18.1. The molecular formula is C46H89NO11S. The number of hydrogen-bond acceptors (Lipinski definition) is 10. The van der Waals surface area contributed by atoms with Gasteiger partial charge in [-0.1, -0.05) is 187 Å². The van der Waals surface area contributed by atoms with Crippen LogP contribution >= 0.6 is 0 Å². The van der Waals surface area contributed by atoms with Crippen LogP contribution in [0.15, 0.2) is 12.2 Å². The molecule has 1 fully saturated rings. The van der Waals surface area contributed by atoms with Crippen LogP contribution < -0.4 is 5.32 Å². The predicted octanol–water partition coefficient (Wildman–Crippen LogP) is 9.55. The fourth-order valence-electron chi connectivity index (χ4n) is 7.81. The van der Waals surface area contributed by atoms with Gasteiger partial charge in [0.15, 0.2) is 6.29 Å². The fraction of sp³-hybridized carbons (Fsp3) is 0.935. The minimum atomic E-state index is -5.07. The number of aliphatic hydroxyl groups is 4. The first kappa shape index (κ1) is 55.9. The lowest BCUT2D eigenvalue weighted by atomic mass is 9.99. The maximum atomic E-state index is 13.0. The molecule has 0 spiro atoms. The molecule has 0 aliphatic carbocycles. The van der Waals surface area contributed by atoms with Gasteiger partial charge in [-0.2, -0.15) is 8.42 Å². The third-order valence-electron chi connectivity index (χ3n) is 11.6. The Labute approximate surface area is 360 Å². The number of carbonyl (C=O) groups is 1. The summed E-state index contributed by atoms with van der Waals surface area (Å²) in [6.45, 7) is 3.44. The molecule has 7 atom stereocenters. The van der Waals surface area contributed by atoms with Crippen molar-refractivity contribution in [2.45, 2.75) is 262 Å². The van der Waals surface area contributed by atoms with Crippen LogP contribution in [0.3, 0.4) is 0 Å². The topological polar surface area (TPSA) is 192 Å². The summed E-state index contributed by atoms with van der Waals surface area (Å²) in [5, 5.41) is 44.9. The Morgan fingerprint density at radius 2 is 1.08 bits per heavy atom. The van der Waals surface area contributed by atoms with Gasteiger partial charge in [0.25, 0.3) is 0 Å². The quantitative estimate of drug-likeness (QED) is 0.0195. The van der Waals surface area contributed by atoms with Crippen molar-refractivity contribution >= 4 is 16.3 Å². The molecule has 0 aromatic carbocycles. The van der Waals surface area contributed by atoms with E-state index in [4.69, 9.17) is 9.47 Å². The van der Waals surface area contributed by atoms with Gasteiger partial charge in [-0.15, -0.1) is 0 Å². The summed E-state index contributed by atoms with van der Waals surface area (Å²) >= 11 is 0. The van der Waals surface area contributed by atoms with E-state index in [9.17, 15) is 38.2 Å². The van der Waals surface area contributed by atoms with Crippen LogP contribution in [0.25, 0.3) is 0 Å². The van der Waals surface area contributed by atoms with Gasteiger partial charge in [0.05, 0.1) is 25.4 Å². The predicted molar refractivity (Wildman–Crippen MR) is 236 cm³/mol. The highest BCUT2D eigenvalue weighted by atomic mass is 32.3. The standard InChI is InChI=1S/C46H89NO11S/c1-3-5-7-9-11-13-15-17-19-20-22-23-25-27-29-31-33-35-40(49)39(38-56-46-44(52)45(58-59(53,54)55)43(51)41(37-48)57-46)47-42(50)36-34-32-30-28-26-24-21-18-16-14-12-10-8-6-4-2/h14,16,39-41,43-46,48-49,51-52H,3-13,15,17-38H2,1-2H3,(H,47,50)(H,53,54,55)/b16-14-. The van der Waals surface area contributed by atoms with E-state index in [1.165, 1.54) is 135 Å². The van der Waals surface area contributed by atoms with E-state index in [1.807, 2.05) is 0 Å². The Balaban J connectivity index is 2.48. The lowest BCUT2D eigenvalue weighted by molar-refractivity contribution is -0.298. The first-order chi connectivity index (χ1) is 28.5. The Hall–Kier alpha value is -1.16. The highest BCUT2D eigenvalue weighted by molar-refractivity contribution is 7.80. The maximum Gasteiger partial charge on any atom is 0.397 e. The van der Waals surface area contributed by atoms with Gasteiger partial charge in [-0.25, -0.2) is 4.18 Å². The maximum absolute atomic E-state index is 13.0. The number of unbranched alkanes of at least 4 members (excludes halogenated alkanes) is 27. The third kappa shape index (κ3) is 30.5. The zero-order chi connectivity index (χ0) is 43.4. The number of carbonyl (C=O) groups excluding carboxylic acids is 1. The molecule has 0 radical (unpaired) electrons. The van der Waals surface area contributed by atoms with Gasteiger partial charge in [-0.05, 0) is 38.5 Å². The van der Waals surface area contributed by atoms with E-state index in [0.29, 0.717) is 12.8 Å². The molecule has 0 saturated carbocycles. The monoisotopic (exact) mass is 864 g/mol. The number of hydrogen-bond donors (Lipinski definition) is 6. The molecular weight excluding hydrogens is 775 g/mol. The smallest absolute Gasteiger partial charge is 0.394 e. The molecule has 7 unspecified atom stereocenters. The third-order valence-corrected chi connectivity index (χ3v) is 12.0. The van der Waals surface area contributed by atoms with Crippen LogP contribution in [0.5, 0.6) is 0 Å². The SMILES string of the molecule is CCCCCC/C=C\CCCCCCCCCC(=O)NC(COC1OC(CO)C(O)C(OS(=O)(=O)O)C1O)C(O)CCCCCCCCCCCCCCCCCCC. The Bertz CT molecular complexity index is 1110. The molecule has 1 aliphatic rings. The molecule has 0 aromatic rings. The molecule has 1 amide bonds. The Kier molecular flexibility index (Phi) is 35.4. The first-order valence-electron chi connectivity index (χ1n) is 24.1. The summed E-state index contributed by atoms with van der Waals surface area (Å²) < 4.78 is 47.7. The van der Waals surface area contributed by atoms with Gasteiger partial charge in [-0.3, -0.25) is 9.35 Å². The minimum absolute atomic E-state index is 0.233. The summed E-state index contributed by atoms with van der Waals surface area (Å²) in [7, 11) is -5.07. The summed E-state index contributed by atoms with van der Waals surface area (Å²) in [5.74, 6) is -0.233. The van der Waals surface area contributed by atoms with Crippen molar-refractivity contribution < 1.29 is 51.8 Å². The average Bonchev–Trinajstić information content (AvgIpc) is 3.20. The molecule has 13 heteroatoms. The van der Waals surface area contributed by atoms with Crippen molar-refractivity contribution in [2.24, 2.45) is 0 Å². The zero-order valence-corrected chi connectivity index (χ0v) is 38.1. The number of allylic oxidation sites excluding steroid dienone is 2. The van der Waals surface area contributed by atoms with Crippen LogP contribution in [0.4, 0.5) is 0 Å². The van der Waals surface area contributed by atoms with Gasteiger partial charge < -0.3 is 35.2 Å². The molecule has 0 bridgehead atoms. The largest absolute Gasteiger partial charge is 0.397 e. The van der Waals surface area contributed by atoms with Crippen molar-refractivity contribution in [3.63, 3.8) is 0 Å². The summed E-state index contributed by atoms with van der Waals surface area (Å²) in [6.07, 6.45) is 32.0. The highest BCUT2D eigenvalue weighted by Gasteiger charge is 2.48. The van der Waals surface area contributed by atoms with Crippen molar-refractivity contribution in [2.75, 3.05) is 13.2 Å². The van der Waals surface area contributed by atoms with Crippen LogP contribution in [0, 0.1) is 0 Å². The minimum Gasteiger partial charge on any atom is -0.394 e. The molecule has 1 aliphatic heterocycles. The molecule has 1 rings (SSSR count). The second-order valence-electron chi connectivity index (χ2n) is 17.0. The molecule has 350 valence electrons. The van der Waals surface area contributed by atoms with E-state index < -0.39 is 59.9 Å².